The summed E-state index contributed by atoms with van der Waals surface area (Å²) in [5, 5.41) is 20.1. The summed E-state index contributed by atoms with van der Waals surface area (Å²) >= 11 is 0. The number of benzene rings is 1. The molecule has 17 heavy (non-hydrogen) atoms. The minimum absolute atomic E-state index is 0.281. The Morgan fingerprint density at radius 3 is 2.76 bits per heavy atom. The van der Waals surface area contributed by atoms with Crippen molar-refractivity contribution in [1.82, 2.24) is 0 Å². The first-order chi connectivity index (χ1) is 8.21. The van der Waals surface area contributed by atoms with Gasteiger partial charge in [0.25, 0.3) is 0 Å². The predicted molar refractivity (Wildman–Crippen MR) is 68.3 cm³/mol. The second-order valence-corrected chi connectivity index (χ2v) is 4.75. The van der Waals surface area contributed by atoms with E-state index >= 15 is 0 Å². The molecule has 0 bridgehead atoms. The van der Waals surface area contributed by atoms with Crippen LogP contribution in [-0.4, -0.2) is 34.7 Å². The number of rotatable bonds is 3. The van der Waals surface area contributed by atoms with Crippen LogP contribution in [0.15, 0.2) is 35.3 Å². The van der Waals surface area contributed by atoms with Crippen molar-refractivity contribution in [2.75, 3.05) is 6.54 Å². The van der Waals surface area contributed by atoms with Crippen molar-refractivity contribution >= 4 is 6.21 Å². The second kappa shape index (κ2) is 5.43. The highest BCUT2D eigenvalue weighted by Crippen LogP contribution is 2.28. The Hall–Kier alpha value is -1.19. The first-order valence-corrected chi connectivity index (χ1v) is 6.16. The molecule has 1 aliphatic rings. The Balaban J connectivity index is 1.95. The summed E-state index contributed by atoms with van der Waals surface area (Å²) in [4.78, 5) is 4.25. The lowest BCUT2D eigenvalue weighted by molar-refractivity contribution is -0.0921. The zero-order valence-electron chi connectivity index (χ0n) is 9.92. The van der Waals surface area contributed by atoms with Gasteiger partial charge >= 0.3 is 0 Å². The van der Waals surface area contributed by atoms with Crippen LogP contribution in [0.5, 0.6) is 0 Å². The van der Waals surface area contributed by atoms with E-state index in [9.17, 15) is 10.2 Å². The Morgan fingerprint density at radius 1 is 1.29 bits per heavy atom. The van der Waals surface area contributed by atoms with E-state index in [4.69, 9.17) is 0 Å². The van der Waals surface area contributed by atoms with Crippen molar-refractivity contribution in [3.8, 4) is 0 Å². The zero-order valence-corrected chi connectivity index (χ0v) is 9.92. The molecule has 1 aromatic carbocycles. The van der Waals surface area contributed by atoms with Gasteiger partial charge in [-0.1, -0.05) is 43.2 Å². The largest absolute Gasteiger partial charge is 0.390 e. The fourth-order valence-electron chi connectivity index (χ4n) is 2.24. The first-order valence-electron chi connectivity index (χ1n) is 6.16. The highest BCUT2D eigenvalue weighted by molar-refractivity contribution is 5.79. The molecular weight excluding hydrogens is 214 g/mol. The Morgan fingerprint density at radius 2 is 2.06 bits per heavy atom. The van der Waals surface area contributed by atoms with Crippen molar-refractivity contribution < 1.29 is 10.2 Å². The van der Waals surface area contributed by atoms with Gasteiger partial charge in [-0.15, -0.1) is 0 Å². The average molecular weight is 233 g/mol. The van der Waals surface area contributed by atoms with Crippen molar-refractivity contribution in [3.63, 3.8) is 0 Å². The molecule has 0 saturated heterocycles. The third-order valence-corrected chi connectivity index (χ3v) is 3.36. The van der Waals surface area contributed by atoms with E-state index in [1.165, 1.54) is 0 Å². The van der Waals surface area contributed by atoms with Crippen LogP contribution < -0.4 is 0 Å². The minimum atomic E-state index is -1.02. The molecule has 0 radical (unpaired) electrons. The molecule has 1 aromatic rings. The fourth-order valence-corrected chi connectivity index (χ4v) is 2.24. The summed E-state index contributed by atoms with van der Waals surface area (Å²) in [6.07, 6.45) is 4.39. The average Bonchev–Trinajstić information content (AvgIpc) is 2.35. The molecule has 2 rings (SSSR count). The van der Waals surface area contributed by atoms with Crippen LogP contribution in [-0.2, 0) is 0 Å². The Kier molecular flexibility index (Phi) is 3.92. The summed E-state index contributed by atoms with van der Waals surface area (Å²) in [6.45, 7) is 0.281. The molecule has 1 fully saturated rings. The second-order valence-electron chi connectivity index (χ2n) is 4.75. The molecular formula is C14H19NO2. The van der Waals surface area contributed by atoms with Gasteiger partial charge in [0, 0.05) is 6.21 Å². The number of hydrogen-bond donors (Lipinski definition) is 2. The van der Waals surface area contributed by atoms with Gasteiger partial charge in [0.05, 0.1) is 12.6 Å². The molecule has 0 unspecified atom stereocenters. The van der Waals surface area contributed by atoms with E-state index in [0.717, 1.165) is 18.4 Å². The van der Waals surface area contributed by atoms with Crippen LogP contribution >= 0.6 is 0 Å². The molecule has 2 N–H and O–H groups in total. The summed E-state index contributed by atoms with van der Waals surface area (Å²) in [5.41, 5.74) is -0.00909. The lowest BCUT2D eigenvalue weighted by atomic mass is 9.82. The maximum absolute atomic E-state index is 10.3. The van der Waals surface area contributed by atoms with E-state index in [-0.39, 0.29) is 6.54 Å². The number of aliphatic hydroxyl groups excluding tert-OH is 1. The van der Waals surface area contributed by atoms with Crippen LogP contribution in [0.4, 0.5) is 0 Å². The topological polar surface area (TPSA) is 52.8 Å². The van der Waals surface area contributed by atoms with Gasteiger partial charge in [0.1, 0.15) is 5.60 Å². The van der Waals surface area contributed by atoms with Crippen LogP contribution in [0.1, 0.15) is 31.2 Å². The SMILES string of the molecule is O[C@@H]1CCCC[C@]1(O)CN=Cc1ccccc1. The summed E-state index contributed by atoms with van der Waals surface area (Å²) < 4.78 is 0. The van der Waals surface area contributed by atoms with Crippen LogP contribution in [0, 0.1) is 0 Å². The van der Waals surface area contributed by atoms with Gasteiger partial charge in [-0.25, -0.2) is 0 Å². The van der Waals surface area contributed by atoms with E-state index in [0.29, 0.717) is 12.8 Å². The standard InChI is InChI=1S/C14H19NO2/c16-13-8-4-5-9-14(13,17)11-15-10-12-6-2-1-3-7-12/h1-3,6-7,10,13,16-17H,4-5,8-9,11H2/t13-,14+/m1/s1. The summed E-state index contributed by atoms with van der Waals surface area (Å²) in [6, 6.07) is 9.78. The molecule has 1 saturated carbocycles. The quantitative estimate of drug-likeness (QED) is 0.782. The Bertz CT molecular complexity index is 377. The third-order valence-electron chi connectivity index (χ3n) is 3.36. The van der Waals surface area contributed by atoms with E-state index in [1.54, 1.807) is 6.21 Å². The van der Waals surface area contributed by atoms with Gasteiger partial charge < -0.3 is 10.2 Å². The number of hydrogen-bond acceptors (Lipinski definition) is 3. The predicted octanol–water partition coefficient (Wildman–Crippen LogP) is 1.77. The smallest absolute Gasteiger partial charge is 0.110 e. The van der Waals surface area contributed by atoms with E-state index < -0.39 is 11.7 Å². The molecule has 92 valence electrons. The van der Waals surface area contributed by atoms with Crippen molar-refractivity contribution in [2.45, 2.75) is 37.4 Å². The number of nitrogens with zero attached hydrogens (tertiary/aromatic N) is 1. The van der Waals surface area contributed by atoms with Gasteiger partial charge in [0.2, 0.25) is 0 Å². The summed E-state index contributed by atoms with van der Waals surface area (Å²) in [5.74, 6) is 0. The highest BCUT2D eigenvalue weighted by atomic mass is 16.3. The number of aliphatic hydroxyl groups is 2. The summed E-state index contributed by atoms with van der Waals surface area (Å²) in [7, 11) is 0. The van der Waals surface area contributed by atoms with Gasteiger partial charge in [-0.05, 0) is 18.4 Å². The lowest BCUT2D eigenvalue weighted by Gasteiger charge is -2.35. The molecule has 1 aliphatic carbocycles. The lowest BCUT2D eigenvalue weighted by Crippen LogP contribution is -2.47. The van der Waals surface area contributed by atoms with Crippen molar-refractivity contribution in [2.24, 2.45) is 4.99 Å². The van der Waals surface area contributed by atoms with Crippen LogP contribution in [0.2, 0.25) is 0 Å². The van der Waals surface area contributed by atoms with Crippen LogP contribution in [0.3, 0.4) is 0 Å². The number of aliphatic imine (C=N–C) groups is 1. The molecule has 0 aromatic heterocycles. The molecule has 0 spiro atoms. The van der Waals surface area contributed by atoms with Gasteiger partial charge in [-0.3, -0.25) is 4.99 Å². The molecule has 3 heteroatoms. The van der Waals surface area contributed by atoms with Crippen LogP contribution in [0.25, 0.3) is 0 Å². The molecule has 3 nitrogen and oxygen atoms in total. The van der Waals surface area contributed by atoms with E-state index in [2.05, 4.69) is 4.99 Å². The first kappa shape index (κ1) is 12.3. The molecule has 0 amide bonds. The van der Waals surface area contributed by atoms with Gasteiger partial charge in [0.15, 0.2) is 0 Å². The fraction of sp³-hybridized carbons (Fsp3) is 0.500. The third kappa shape index (κ3) is 3.14. The monoisotopic (exact) mass is 233 g/mol. The highest BCUT2D eigenvalue weighted by Gasteiger charge is 2.37. The Labute approximate surface area is 102 Å². The van der Waals surface area contributed by atoms with Gasteiger partial charge in [-0.2, -0.15) is 0 Å². The minimum Gasteiger partial charge on any atom is -0.390 e. The zero-order chi connectivity index (χ0) is 12.1. The molecule has 0 heterocycles. The molecule has 2 atom stereocenters. The molecule has 0 aliphatic heterocycles. The normalized spacial score (nSPS) is 29.6. The maximum Gasteiger partial charge on any atom is 0.110 e. The van der Waals surface area contributed by atoms with Crippen molar-refractivity contribution in [3.05, 3.63) is 35.9 Å². The van der Waals surface area contributed by atoms with E-state index in [1.807, 2.05) is 30.3 Å². The maximum atomic E-state index is 10.3. The van der Waals surface area contributed by atoms with Crippen molar-refractivity contribution in [1.29, 1.82) is 0 Å².